The summed E-state index contributed by atoms with van der Waals surface area (Å²) in [5.41, 5.74) is -0.531. The maximum Gasteiger partial charge on any atom is 0.271 e. The van der Waals surface area contributed by atoms with Gasteiger partial charge in [-0.15, -0.1) is 0 Å². The molecule has 2 heterocycles. The van der Waals surface area contributed by atoms with E-state index in [1.165, 1.54) is 13.2 Å². The molecule has 0 amide bonds. The van der Waals surface area contributed by atoms with E-state index in [2.05, 4.69) is 0 Å². The molecule has 1 N–H and O–H groups in total. The predicted octanol–water partition coefficient (Wildman–Crippen LogP) is 3.01. The number of carbonyl (C=O) groups excluding carboxylic acids is 1. The van der Waals surface area contributed by atoms with Gasteiger partial charge in [0.05, 0.1) is 25.0 Å². The van der Waals surface area contributed by atoms with Crippen LogP contribution in [0.15, 0.2) is 51.9 Å². The molecule has 0 aliphatic heterocycles. The minimum absolute atomic E-state index is 0.0909. The molecular weight excluding hydrogens is 360 g/mol. The molecule has 7 nitrogen and oxygen atoms in total. The lowest BCUT2D eigenvalue weighted by Gasteiger charge is -2.15. The molecule has 3 rings (SSSR count). The summed E-state index contributed by atoms with van der Waals surface area (Å²) in [5, 5.41) is 20.1. The number of aromatic nitrogens is 1. The van der Waals surface area contributed by atoms with Gasteiger partial charge in [-0.2, -0.15) is 5.26 Å². The number of hydrogen-bond donors (Lipinski definition) is 1. The molecule has 7 heteroatoms. The highest BCUT2D eigenvalue weighted by atomic mass is 16.5. The van der Waals surface area contributed by atoms with Crippen LogP contribution in [-0.2, 0) is 6.54 Å². The summed E-state index contributed by atoms with van der Waals surface area (Å²) in [5.74, 6) is 0.0182. The highest BCUT2D eigenvalue weighted by Gasteiger charge is 2.25. The maximum atomic E-state index is 13.0. The Morgan fingerprint density at radius 1 is 1.29 bits per heavy atom. The Balaban J connectivity index is 2.13. The summed E-state index contributed by atoms with van der Waals surface area (Å²) < 4.78 is 11.5. The van der Waals surface area contributed by atoms with Crippen LogP contribution < -0.4 is 10.3 Å². The van der Waals surface area contributed by atoms with Gasteiger partial charge in [0.25, 0.3) is 5.56 Å². The molecule has 2 aromatic heterocycles. The standard InChI is InChI=1S/C21H18N2O5/c1-3-27-15-8-6-14(7-9-15)19(24)18-13(2)17(11-22)20(25)23(21(18)26)12-16-5-4-10-28-16/h4-10,26H,3,12H2,1-2H3. The summed E-state index contributed by atoms with van der Waals surface area (Å²) in [6, 6.07) is 11.5. The van der Waals surface area contributed by atoms with Crippen LogP contribution >= 0.6 is 0 Å². The second-order valence-electron chi connectivity index (χ2n) is 6.07. The van der Waals surface area contributed by atoms with E-state index in [1.807, 2.05) is 13.0 Å². The second kappa shape index (κ2) is 7.84. The van der Waals surface area contributed by atoms with Gasteiger partial charge in [0.2, 0.25) is 5.88 Å². The largest absolute Gasteiger partial charge is 0.494 e. The average molecular weight is 378 g/mol. The number of aromatic hydroxyl groups is 1. The Bertz CT molecular complexity index is 1100. The van der Waals surface area contributed by atoms with Crippen LogP contribution in [0.25, 0.3) is 0 Å². The van der Waals surface area contributed by atoms with Crippen molar-refractivity contribution >= 4 is 5.78 Å². The average Bonchev–Trinajstić information content (AvgIpc) is 3.19. The summed E-state index contributed by atoms with van der Waals surface area (Å²) in [6.07, 6.45) is 1.43. The van der Waals surface area contributed by atoms with Crippen molar-refractivity contribution in [1.29, 1.82) is 5.26 Å². The molecule has 28 heavy (non-hydrogen) atoms. The number of pyridine rings is 1. The fraction of sp³-hybridized carbons (Fsp3) is 0.190. The van der Waals surface area contributed by atoms with E-state index in [9.17, 15) is 20.0 Å². The van der Waals surface area contributed by atoms with Crippen molar-refractivity contribution in [2.24, 2.45) is 0 Å². The molecule has 0 aliphatic carbocycles. The van der Waals surface area contributed by atoms with Crippen molar-refractivity contribution < 1.29 is 19.1 Å². The monoisotopic (exact) mass is 378 g/mol. The molecule has 142 valence electrons. The van der Waals surface area contributed by atoms with Gasteiger partial charge in [-0.05, 0) is 55.8 Å². The summed E-state index contributed by atoms with van der Waals surface area (Å²) in [6.45, 7) is 3.72. The lowest BCUT2D eigenvalue weighted by atomic mass is 9.97. The molecular formula is C21H18N2O5. The third kappa shape index (κ3) is 3.40. The Morgan fingerprint density at radius 3 is 2.57 bits per heavy atom. The van der Waals surface area contributed by atoms with Gasteiger partial charge in [0.15, 0.2) is 5.78 Å². The first-order chi connectivity index (χ1) is 13.5. The van der Waals surface area contributed by atoms with Crippen molar-refractivity contribution in [3.05, 3.63) is 81.0 Å². The van der Waals surface area contributed by atoms with E-state index >= 15 is 0 Å². The predicted molar refractivity (Wildman–Crippen MR) is 101 cm³/mol. The minimum Gasteiger partial charge on any atom is -0.494 e. The van der Waals surface area contributed by atoms with E-state index in [0.29, 0.717) is 23.7 Å². The van der Waals surface area contributed by atoms with Crippen LogP contribution in [0.4, 0.5) is 0 Å². The summed E-state index contributed by atoms with van der Waals surface area (Å²) >= 11 is 0. The van der Waals surface area contributed by atoms with Gasteiger partial charge in [-0.1, -0.05) is 0 Å². The third-order valence-electron chi connectivity index (χ3n) is 4.35. The molecule has 0 radical (unpaired) electrons. The van der Waals surface area contributed by atoms with Crippen LogP contribution in [0.1, 0.15) is 39.7 Å². The highest BCUT2D eigenvalue weighted by molar-refractivity contribution is 6.11. The molecule has 1 aromatic carbocycles. The zero-order valence-electron chi connectivity index (χ0n) is 15.4. The first-order valence-electron chi connectivity index (χ1n) is 8.64. The van der Waals surface area contributed by atoms with E-state index in [0.717, 1.165) is 4.57 Å². The fourth-order valence-corrected chi connectivity index (χ4v) is 2.94. The Hall–Kier alpha value is -3.79. The first kappa shape index (κ1) is 19.0. The smallest absolute Gasteiger partial charge is 0.271 e. The number of ketones is 1. The lowest BCUT2D eigenvalue weighted by molar-refractivity contribution is 0.103. The number of carbonyl (C=O) groups is 1. The molecule has 0 saturated heterocycles. The molecule has 3 aromatic rings. The molecule has 0 atom stereocenters. The number of nitriles is 1. The van der Waals surface area contributed by atoms with Gasteiger partial charge in [-0.25, -0.2) is 0 Å². The van der Waals surface area contributed by atoms with Crippen molar-refractivity contribution in [2.75, 3.05) is 6.61 Å². The molecule has 0 fully saturated rings. The third-order valence-corrected chi connectivity index (χ3v) is 4.35. The number of rotatable bonds is 6. The zero-order valence-corrected chi connectivity index (χ0v) is 15.4. The number of nitrogens with zero attached hydrogens (tertiary/aromatic N) is 2. The van der Waals surface area contributed by atoms with Gasteiger partial charge < -0.3 is 14.3 Å². The normalized spacial score (nSPS) is 10.5. The zero-order chi connectivity index (χ0) is 20.3. The SMILES string of the molecule is CCOc1ccc(C(=O)c2c(C)c(C#N)c(=O)n(Cc3ccco3)c2O)cc1. The van der Waals surface area contributed by atoms with E-state index in [1.54, 1.807) is 36.4 Å². The minimum atomic E-state index is -0.683. The van der Waals surface area contributed by atoms with Crippen molar-refractivity contribution in [1.82, 2.24) is 4.57 Å². The maximum absolute atomic E-state index is 13.0. The molecule has 0 aliphatic rings. The Morgan fingerprint density at radius 2 is 2.00 bits per heavy atom. The molecule has 0 bridgehead atoms. The molecule has 0 spiro atoms. The van der Waals surface area contributed by atoms with Gasteiger partial charge in [-0.3, -0.25) is 14.2 Å². The summed E-state index contributed by atoms with van der Waals surface area (Å²) in [7, 11) is 0. The number of ether oxygens (including phenoxy) is 1. The number of furan rings is 1. The quantitative estimate of drug-likeness (QED) is 0.661. The fourth-order valence-electron chi connectivity index (χ4n) is 2.94. The molecule has 0 saturated carbocycles. The molecule has 0 unspecified atom stereocenters. The second-order valence-corrected chi connectivity index (χ2v) is 6.07. The number of benzene rings is 1. The topological polar surface area (TPSA) is 105 Å². The van der Waals surface area contributed by atoms with Crippen LogP contribution in [0.5, 0.6) is 11.6 Å². The van der Waals surface area contributed by atoms with E-state index in [-0.39, 0.29) is 23.2 Å². The Labute approximate surface area is 161 Å². The van der Waals surface area contributed by atoms with Gasteiger partial charge in [0, 0.05) is 5.56 Å². The summed E-state index contributed by atoms with van der Waals surface area (Å²) in [4.78, 5) is 25.6. The van der Waals surface area contributed by atoms with Crippen LogP contribution in [-0.4, -0.2) is 22.1 Å². The van der Waals surface area contributed by atoms with E-state index in [4.69, 9.17) is 9.15 Å². The van der Waals surface area contributed by atoms with Gasteiger partial charge in [0.1, 0.15) is 23.1 Å². The highest BCUT2D eigenvalue weighted by Crippen LogP contribution is 2.26. The van der Waals surface area contributed by atoms with Crippen LogP contribution in [0.3, 0.4) is 0 Å². The Kier molecular flexibility index (Phi) is 5.32. The van der Waals surface area contributed by atoms with Crippen molar-refractivity contribution in [2.45, 2.75) is 20.4 Å². The van der Waals surface area contributed by atoms with Gasteiger partial charge >= 0.3 is 0 Å². The van der Waals surface area contributed by atoms with E-state index < -0.39 is 17.2 Å². The lowest BCUT2D eigenvalue weighted by Crippen LogP contribution is -2.27. The van der Waals surface area contributed by atoms with Crippen LogP contribution in [0, 0.1) is 18.3 Å². The van der Waals surface area contributed by atoms with Crippen LogP contribution in [0.2, 0.25) is 0 Å². The number of hydrogen-bond acceptors (Lipinski definition) is 6. The first-order valence-corrected chi connectivity index (χ1v) is 8.64. The van der Waals surface area contributed by atoms with Crippen molar-refractivity contribution in [3.8, 4) is 17.7 Å². The van der Waals surface area contributed by atoms with Crippen molar-refractivity contribution in [3.63, 3.8) is 0 Å².